The van der Waals surface area contributed by atoms with Gasteiger partial charge in [-0.05, 0) is 25.6 Å². The SMILES string of the molecule is CCCNC(=O)CN(C)Cc1ccc(C#CCN)cc1F. The van der Waals surface area contributed by atoms with Crippen LogP contribution in [-0.2, 0) is 11.3 Å². The average molecular weight is 291 g/mol. The van der Waals surface area contributed by atoms with Crippen molar-refractivity contribution in [3.63, 3.8) is 0 Å². The molecule has 0 saturated carbocycles. The third-order valence-corrected chi connectivity index (χ3v) is 2.81. The molecule has 0 aliphatic rings. The number of rotatable bonds is 6. The summed E-state index contributed by atoms with van der Waals surface area (Å²) in [6.07, 6.45) is 0.898. The van der Waals surface area contributed by atoms with Crippen LogP contribution in [-0.4, -0.2) is 37.5 Å². The molecular formula is C16H22FN3O. The van der Waals surface area contributed by atoms with Gasteiger partial charge >= 0.3 is 0 Å². The van der Waals surface area contributed by atoms with Crippen LogP contribution >= 0.6 is 0 Å². The monoisotopic (exact) mass is 291 g/mol. The van der Waals surface area contributed by atoms with Gasteiger partial charge in [-0.3, -0.25) is 9.69 Å². The third-order valence-electron chi connectivity index (χ3n) is 2.81. The van der Waals surface area contributed by atoms with Gasteiger partial charge in [-0.2, -0.15) is 0 Å². The van der Waals surface area contributed by atoms with Crippen molar-refractivity contribution in [3.8, 4) is 11.8 Å². The molecule has 0 aliphatic carbocycles. The van der Waals surface area contributed by atoms with Gasteiger partial charge in [0.1, 0.15) is 5.82 Å². The number of nitrogens with one attached hydrogen (secondary N) is 1. The van der Waals surface area contributed by atoms with E-state index in [9.17, 15) is 9.18 Å². The molecule has 0 fully saturated rings. The molecule has 0 spiro atoms. The van der Waals surface area contributed by atoms with Gasteiger partial charge in [0.05, 0.1) is 13.1 Å². The van der Waals surface area contributed by atoms with E-state index in [-0.39, 0.29) is 24.8 Å². The second kappa shape index (κ2) is 9.11. The summed E-state index contributed by atoms with van der Waals surface area (Å²) in [6.45, 7) is 3.52. The van der Waals surface area contributed by atoms with E-state index in [1.165, 1.54) is 6.07 Å². The molecule has 0 aromatic heterocycles. The highest BCUT2D eigenvalue weighted by Crippen LogP contribution is 2.11. The van der Waals surface area contributed by atoms with Crippen molar-refractivity contribution in [3.05, 3.63) is 35.1 Å². The number of carbonyl (C=O) groups is 1. The van der Waals surface area contributed by atoms with Gasteiger partial charge in [-0.25, -0.2) is 4.39 Å². The summed E-state index contributed by atoms with van der Waals surface area (Å²) in [6, 6.07) is 4.84. The number of likely N-dealkylation sites (N-methyl/N-ethyl adjacent to an activating group) is 1. The standard InChI is InChI=1S/C16H22FN3O/c1-3-9-19-16(21)12-20(2)11-14-7-6-13(5-4-8-18)10-15(14)17/h6-7,10H,3,8-9,11-12,18H2,1-2H3,(H,19,21). The molecule has 3 N–H and O–H groups in total. The highest BCUT2D eigenvalue weighted by molar-refractivity contribution is 5.77. The average Bonchev–Trinajstić information content (AvgIpc) is 2.45. The molecule has 21 heavy (non-hydrogen) atoms. The van der Waals surface area contributed by atoms with Crippen LogP contribution in [0, 0.1) is 17.7 Å². The number of nitrogens with two attached hydrogens (primary N) is 1. The fraction of sp³-hybridized carbons (Fsp3) is 0.438. The quantitative estimate of drug-likeness (QED) is 0.772. The van der Waals surface area contributed by atoms with Gasteiger partial charge in [0.15, 0.2) is 0 Å². The Hall–Kier alpha value is -1.90. The van der Waals surface area contributed by atoms with Crippen molar-refractivity contribution in [2.24, 2.45) is 5.73 Å². The lowest BCUT2D eigenvalue weighted by Crippen LogP contribution is -2.35. The summed E-state index contributed by atoms with van der Waals surface area (Å²) in [5, 5.41) is 2.79. The van der Waals surface area contributed by atoms with Crippen LogP contribution in [0.4, 0.5) is 4.39 Å². The Morgan fingerprint density at radius 3 is 2.86 bits per heavy atom. The molecule has 0 bridgehead atoms. The van der Waals surface area contributed by atoms with E-state index in [2.05, 4.69) is 17.2 Å². The van der Waals surface area contributed by atoms with Crippen molar-refractivity contribution in [2.45, 2.75) is 19.9 Å². The molecule has 0 atom stereocenters. The van der Waals surface area contributed by atoms with E-state index >= 15 is 0 Å². The fourth-order valence-electron chi connectivity index (χ4n) is 1.82. The van der Waals surface area contributed by atoms with E-state index in [0.717, 1.165) is 6.42 Å². The molecule has 0 heterocycles. The molecule has 1 aromatic rings. The zero-order chi connectivity index (χ0) is 15.7. The lowest BCUT2D eigenvalue weighted by Gasteiger charge is -2.16. The number of amides is 1. The van der Waals surface area contributed by atoms with Gasteiger partial charge in [0, 0.05) is 24.2 Å². The lowest BCUT2D eigenvalue weighted by atomic mass is 10.1. The first-order chi connectivity index (χ1) is 10.1. The van der Waals surface area contributed by atoms with Crippen LogP contribution < -0.4 is 11.1 Å². The van der Waals surface area contributed by atoms with E-state index < -0.39 is 0 Å². The summed E-state index contributed by atoms with van der Waals surface area (Å²) in [4.78, 5) is 13.4. The molecule has 1 aromatic carbocycles. The summed E-state index contributed by atoms with van der Waals surface area (Å²) in [5.41, 5.74) is 6.42. The first-order valence-corrected chi connectivity index (χ1v) is 6.99. The Labute approximate surface area is 125 Å². The van der Waals surface area contributed by atoms with Gasteiger partial charge in [0.2, 0.25) is 5.91 Å². The second-order valence-corrected chi connectivity index (χ2v) is 4.83. The van der Waals surface area contributed by atoms with Gasteiger partial charge in [-0.1, -0.05) is 24.8 Å². The Balaban J connectivity index is 2.60. The molecule has 1 amide bonds. The number of halogens is 1. The van der Waals surface area contributed by atoms with Crippen LogP contribution in [0.3, 0.4) is 0 Å². The predicted octanol–water partition coefficient (Wildman–Crippen LogP) is 1.09. The van der Waals surface area contributed by atoms with Crippen LogP contribution in [0.5, 0.6) is 0 Å². The Bertz CT molecular complexity index is 534. The number of nitrogens with zero attached hydrogens (tertiary/aromatic N) is 1. The van der Waals surface area contributed by atoms with Crippen LogP contribution in [0.25, 0.3) is 0 Å². The summed E-state index contributed by atoms with van der Waals surface area (Å²) >= 11 is 0. The third kappa shape index (κ3) is 6.39. The van der Waals surface area contributed by atoms with E-state index in [4.69, 9.17) is 5.73 Å². The van der Waals surface area contributed by atoms with Crippen molar-refractivity contribution < 1.29 is 9.18 Å². The highest BCUT2D eigenvalue weighted by Gasteiger charge is 2.09. The topological polar surface area (TPSA) is 58.4 Å². The fourth-order valence-corrected chi connectivity index (χ4v) is 1.82. The molecule has 0 radical (unpaired) electrons. The Morgan fingerprint density at radius 2 is 2.24 bits per heavy atom. The molecule has 114 valence electrons. The van der Waals surface area contributed by atoms with Crippen LogP contribution in [0.2, 0.25) is 0 Å². The van der Waals surface area contributed by atoms with Crippen molar-refractivity contribution >= 4 is 5.91 Å². The van der Waals surface area contributed by atoms with Crippen LogP contribution in [0.1, 0.15) is 24.5 Å². The largest absolute Gasteiger partial charge is 0.355 e. The molecular weight excluding hydrogens is 269 g/mol. The molecule has 0 aliphatic heterocycles. The summed E-state index contributed by atoms with van der Waals surface area (Å²) in [7, 11) is 1.78. The number of hydrogen-bond donors (Lipinski definition) is 2. The highest BCUT2D eigenvalue weighted by atomic mass is 19.1. The molecule has 1 rings (SSSR count). The number of carbonyl (C=O) groups excluding carboxylic acids is 1. The maximum Gasteiger partial charge on any atom is 0.234 e. The van der Waals surface area contributed by atoms with Crippen molar-refractivity contribution in [2.75, 3.05) is 26.7 Å². The molecule has 0 unspecified atom stereocenters. The molecule has 0 saturated heterocycles. The van der Waals surface area contributed by atoms with Gasteiger partial charge in [0.25, 0.3) is 0 Å². The normalized spacial score (nSPS) is 10.1. The second-order valence-electron chi connectivity index (χ2n) is 4.83. The van der Waals surface area contributed by atoms with E-state index in [1.54, 1.807) is 24.1 Å². The maximum atomic E-state index is 14.0. The Morgan fingerprint density at radius 1 is 1.48 bits per heavy atom. The lowest BCUT2D eigenvalue weighted by molar-refractivity contribution is -0.122. The predicted molar refractivity (Wildman–Crippen MR) is 82.0 cm³/mol. The smallest absolute Gasteiger partial charge is 0.234 e. The summed E-state index contributed by atoms with van der Waals surface area (Å²) in [5.74, 6) is 5.10. The molecule has 5 heteroatoms. The van der Waals surface area contributed by atoms with Crippen molar-refractivity contribution in [1.29, 1.82) is 0 Å². The van der Waals surface area contributed by atoms with Gasteiger partial charge < -0.3 is 11.1 Å². The van der Waals surface area contributed by atoms with Crippen molar-refractivity contribution in [1.82, 2.24) is 10.2 Å². The molecule has 4 nitrogen and oxygen atoms in total. The minimum absolute atomic E-state index is 0.0507. The zero-order valence-electron chi connectivity index (χ0n) is 12.6. The number of hydrogen-bond acceptors (Lipinski definition) is 3. The van der Waals surface area contributed by atoms with Crippen LogP contribution in [0.15, 0.2) is 18.2 Å². The summed E-state index contributed by atoms with van der Waals surface area (Å²) < 4.78 is 14.0. The van der Waals surface area contributed by atoms with E-state index in [1.807, 2.05) is 6.92 Å². The maximum absolute atomic E-state index is 14.0. The van der Waals surface area contributed by atoms with Gasteiger partial charge in [-0.15, -0.1) is 0 Å². The first kappa shape index (κ1) is 17.2. The minimum Gasteiger partial charge on any atom is -0.355 e. The van der Waals surface area contributed by atoms with E-state index in [0.29, 0.717) is 24.2 Å². The zero-order valence-corrected chi connectivity index (χ0v) is 12.6. The number of benzene rings is 1. The minimum atomic E-state index is -0.320. The first-order valence-electron chi connectivity index (χ1n) is 6.99. The Kier molecular flexibility index (Phi) is 7.44.